The van der Waals surface area contributed by atoms with E-state index in [0.29, 0.717) is 0 Å². The summed E-state index contributed by atoms with van der Waals surface area (Å²) in [4.78, 5) is 23.6. The monoisotopic (exact) mass is 318 g/mol. The molecule has 5 nitrogen and oxygen atoms in total. The van der Waals surface area contributed by atoms with Gasteiger partial charge in [-0.2, -0.15) is 0 Å². The molecule has 0 fully saturated rings. The number of hydrogen-bond donors (Lipinski definition) is 1. The quantitative estimate of drug-likeness (QED) is 0.643. The molecule has 0 aliphatic rings. The lowest BCUT2D eigenvalue weighted by Gasteiger charge is -2.20. The highest BCUT2D eigenvalue weighted by Gasteiger charge is 2.38. The van der Waals surface area contributed by atoms with E-state index in [1.807, 2.05) is 0 Å². The number of hydrogen-bond acceptors (Lipinski definition) is 5. The summed E-state index contributed by atoms with van der Waals surface area (Å²) in [7, 11) is 0. The smallest absolute Gasteiger partial charge is 0.323 e. The number of rotatable bonds is 6. The number of aliphatic hydroxyl groups excluding tert-OH is 1. The topological polar surface area (TPSA) is 72.8 Å². The van der Waals surface area contributed by atoms with E-state index in [0.717, 1.165) is 6.07 Å². The summed E-state index contributed by atoms with van der Waals surface area (Å²) in [6, 6.07) is 3.53. The predicted octanol–water partition coefficient (Wildman–Crippen LogP) is 2.25. The Balaban J connectivity index is 3.11. The molecule has 0 saturated carbocycles. The fourth-order valence-corrected chi connectivity index (χ4v) is 1.90. The zero-order chi connectivity index (χ0) is 16.0. The number of ether oxygens (including phenoxy) is 2. The van der Waals surface area contributed by atoms with Crippen LogP contribution in [0.5, 0.6) is 0 Å². The minimum Gasteiger partial charge on any atom is -0.465 e. The van der Waals surface area contributed by atoms with E-state index in [2.05, 4.69) is 0 Å². The Labute approximate surface area is 126 Å². The summed E-state index contributed by atoms with van der Waals surface area (Å²) in [6.07, 6.45) is -1.72. The number of halogens is 2. The van der Waals surface area contributed by atoms with Crippen LogP contribution in [0.1, 0.15) is 25.5 Å². The van der Waals surface area contributed by atoms with Crippen molar-refractivity contribution < 1.29 is 28.6 Å². The molecule has 21 heavy (non-hydrogen) atoms. The Kier molecular flexibility index (Phi) is 6.58. The fraction of sp³-hybridized carbons (Fsp3) is 0.429. The van der Waals surface area contributed by atoms with Crippen LogP contribution in [0.4, 0.5) is 4.39 Å². The molecule has 1 N–H and O–H groups in total. The number of benzene rings is 1. The van der Waals surface area contributed by atoms with Gasteiger partial charge in [-0.1, -0.05) is 17.7 Å². The summed E-state index contributed by atoms with van der Waals surface area (Å²) in [6.45, 7) is 3.14. The molecule has 0 spiro atoms. The van der Waals surface area contributed by atoms with Gasteiger partial charge < -0.3 is 14.6 Å². The Hall–Kier alpha value is -1.66. The van der Waals surface area contributed by atoms with Gasteiger partial charge in [-0.15, -0.1) is 0 Å². The second-order valence-corrected chi connectivity index (χ2v) is 4.53. The van der Waals surface area contributed by atoms with E-state index in [-0.39, 0.29) is 23.8 Å². The van der Waals surface area contributed by atoms with E-state index >= 15 is 0 Å². The molecular formula is C14H16ClFO5. The fourth-order valence-electron chi connectivity index (χ4n) is 1.74. The third-order valence-corrected chi connectivity index (χ3v) is 2.91. The van der Waals surface area contributed by atoms with Crippen molar-refractivity contribution in [2.24, 2.45) is 5.92 Å². The molecular weight excluding hydrogens is 303 g/mol. The van der Waals surface area contributed by atoms with Crippen LogP contribution < -0.4 is 0 Å². The highest BCUT2D eigenvalue weighted by molar-refractivity contribution is 6.30. The van der Waals surface area contributed by atoms with Gasteiger partial charge in [0.05, 0.1) is 13.2 Å². The SMILES string of the molecule is CCOC(=O)C(C(=O)OCC)C(O)c1ccc(Cl)cc1F. The van der Waals surface area contributed by atoms with Crippen molar-refractivity contribution in [3.05, 3.63) is 34.6 Å². The number of esters is 2. The summed E-state index contributed by atoms with van der Waals surface area (Å²) >= 11 is 5.62. The predicted molar refractivity (Wildman–Crippen MR) is 73.1 cm³/mol. The Morgan fingerprint density at radius 2 is 1.76 bits per heavy atom. The number of aliphatic hydroxyl groups is 1. The van der Waals surface area contributed by atoms with Crippen molar-refractivity contribution in [2.75, 3.05) is 13.2 Å². The number of carbonyl (C=O) groups excluding carboxylic acids is 2. The zero-order valence-electron chi connectivity index (χ0n) is 11.6. The highest BCUT2D eigenvalue weighted by Crippen LogP contribution is 2.28. The maximum atomic E-state index is 13.8. The van der Waals surface area contributed by atoms with Gasteiger partial charge in [0, 0.05) is 10.6 Å². The highest BCUT2D eigenvalue weighted by atomic mass is 35.5. The van der Waals surface area contributed by atoms with Crippen LogP contribution >= 0.6 is 11.6 Å². The molecule has 1 aromatic rings. The first kappa shape index (κ1) is 17.4. The maximum Gasteiger partial charge on any atom is 0.323 e. The van der Waals surface area contributed by atoms with Crippen LogP contribution in [0.25, 0.3) is 0 Å². The average Bonchev–Trinajstić information content (AvgIpc) is 2.39. The second-order valence-electron chi connectivity index (χ2n) is 4.09. The van der Waals surface area contributed by atoms with E-state index in [1.54, 1.807) is 13.8 Å². The van der Waals surface area contributed by atoms with Gasteiger partial charge in [-0.3, -0.25) is 9.59 Å². The molecule has 0 bridgehead atoms. The lowest BCUT2D eigenvalue weighted by molar-refractivity contribution is -0.167. The molecule has 1 unspecified atom stereocenters. The maximum absolute atomic E-state index is 13.8. The molecule has 0 aromatic heterocycles. The zero-order valence-corrected chi connectivity index (χ0v) is 12.4. The average molecular weight is 319 g/mol. The molecule has 0 heterocycles. The van der Waals surface area contributed by atoms with E-state index in [9.17, 15) is 19.1 Å². The summed E-state index contributed by atoms with van der Waals surface area (Å²) in [5.41, 5.74) is -0.231. The minimum atomic E-state index is -1.72. The first-order chi connectivity index (χ1) is 9.92. The second kappa shape index (κ2) is 7.95. The molecule has 116 valence electrons. The minimum absolute atomic E-state index is 0.0184. The van der Waals surface area contributed by atoms with E-state index in [4.69, 9.17) is 21.1 Å². The Morgan fingerprint density at radius 1 is 1.24 bits per heavy atom. The van der Waals surface area contributed by atoms with Crippen molar-refractivity contribution in [3.63, 3.8) is 0 Å². The summed E-state index contributed by atoms with van der Waals surface area (Å²) in [5.74, 6) is -4.43. The van der Waals surface area contributed by atoms with Crippen molar-refractivity contribution in [3.8, 4) is 0 Å². The van der Waals surface area contributed by atoms with Crippen LogP contribution in [0.3, 0.4) is 0 Å². The van der Waals surface area contributed by atoms with Crippen LogP contribution in [-0.2, 0) is 19.1 Å². The van der Waals surface area contributed by atoms with Crippen LogP contribution in [-0.4, -0.2) is 30.3 Å². The molecule has 1 aromatic carbocycles. The lowest BCUT2D eigenvalue weighted by atomic mass is 9.95. The Morgan fingerprint density at radius 3 is 2.19 bits per heavy atom. The lowest BCUT2D eigenvalue weighted by Crippen LogP contribution is -2.33. The van der Waals surface area contributed by atoms with Gasteiger partial charge in [0.15, 0.2) is 5.92 Å². The van der Waals surface area contributed by atoms with Crippen LogP contribution in [0.15, 0.2) is 18.2 Å². The van der Waals surface area contributed by atoms with Gasteiger partial charge in [0.1, 0.15) is 11.9 Å². The molecule has 1 atom stereocenters. The standard InChI is InChI=1S/C14H16ClFO5/c1-3-20-13(18)11(14(19)21-4-2)12(17)9-6-5-8(15)7-10(9)16/h5-7,11-12,17H,3-4H2,1-2H3. The van der Waals surface area contributed by atoms with Crippen LogP contribution in [0.2, 0.25) is 5.02 Å². The van der Waals surface area contributed by atoms with Gasteiger partial charge in [-0.25, -0.2) is 4.39 Å². The molecule has 0 saturated heterocycles. The molecule has 0 radical (unpaired) electrons. The largest absolute Gasteiger partial charge is 0.465 e. The van der Waals surface area contributed by atoms with Crippen molar-refractivity contribution >= 4 is 23.5 Å². The van der Waals surface area contributed by atoms with Crippen molar-refractivity contribution in [1.29, 1.82) is 0 Å². The van der Waals surface area contributed by atoms with E-state index < -0.39 is 29.8 Å². The Bertz CT molecular complexity index is 502. The van der Waals surface area contributed by atoms with Crippen molar-refractivity contribution in [2.45, 2.75) is 20.0 Å². The van der Waals surface area contributed by atoms with E-state index in [1.165, 1.54) is 12.1 Å². The molecule has 1 rings (SSSR count). The van der Waals surface area contributed by atoms with Crippen LogP contribution in [0, 0.1) is 11.7 Å². The van der Waals surface area contributed by atoms with Gasteiger partial charge in [-0.05, 0) is 26.0 Å². The third kappa shape index (κ3) is 4.41. The molecule has 0 amide bonds. The first-order valence-electron chi connectivity index (χ1n) is 6.38. The van der Waals surface area contributed by atoms with Gasteiger partial charge in [0.2, 0.25) is 0 Å². The molecule has 0 aliphatic carbocycles. The first-order valence-corrected chi connectivity index (χ1v) is 6.76. The van der Waals surface area contributed by atoms with Crippen molar-refractivity contribution in [1.82, 2.24) is 0 Å². The summed E-state index contributed by atoms with van der Waals surface area (Å²) < 4.78 is 23.3. The van der Waals surface area contributed by atoms with Gasteiger partial charge in [0.25, 0.3) is 0 Å². The molecule has 7 heteroatoms. The number of carbonyl (C=O) groups is 2. The molecule has 0 aliphatic heterocycles. The third-order valence-electron chi connectivity index (χ3n) is 2.68. The van der Waals surface area contributed by atoms with Gasteiger partial charge >= 0.3 is 11.9 Å². The normalized spacial score (nSPS) is 12.1. The summed E-state index contributed by atoms with van der Waals surface area (Å²) in [5, 5.41) is 10.3.